The molecule has 0 fully saturated rings. The third-order valence-electron chi connectivity index (χ3n) is 3.37. The van der Waals surface area contributed by atoms with Crippen LogP contribution in [0.1, 0.15) is 47.5 Å². The summed E-state index contributed by atoms with van der Waals surface area (Å²) in [5, 5.41) is 14.4. The van der Waals surface area contributed by atoms with Gasteiger partial charge in [0.15, 0.2) is 0 Å². The van der Waals surface area contributed by atoms with Crippen LogP contribution < -0.4 is 10.6 Å². The lowest BCUT2D eigenvalue weighted by molar-refractivity contribution is -0.137. The Hall–Kier alpha value is -1.26. The maximum Gasteiger partial charge on any atom is 0.315 e. The molecule has 0 aromatic carbocycles. The van der Waals surface area contributed by atoms with Crippen LogP contribution in [-0.2, 0) is 4.79 Å². The quantitative estimate of drug-likeness (QED) is 0.655. The van der Waals surface area contributed by atoms with Gasteiger partial charge in [0.05, 0.1) is 6.42 Å². The summed E-state index contributed by atoms with van der Waals surface area (Å²) in [5.74, 6) is -0.414. The van der Waals surface area contributed by atoms with Crippen LogP contribution in [-0.4, -0.2) is 29.2 Å². The summed E-state index contributed by atoms with van der Waals surface area (Å²) in [6, 6.07) is -0.554. The number of carboxylic acid groups (broad SMARTS) is 1. The van der Waals surface area contributed by atoms with Gasteiger partial charge in [0.1, 0.15) is 0 Å². The summed E-state index contributed by atoms with van der Waals surface area (Å²) >= 11 is 0. The number of rotatable bonds is 7. The lowest BCUT2D eigenvalue weighted by Crippen LogP contribution is -2.49. The minimum absolute atomic E-state index is 0.0528. The van der Waals surface area contributed by atoms with Gasteiger partial charge in [0.25, 0.3) is 0 Å². The maximum atomic E-state index is 11.8. The van der Waals surface area contributed by atoms with E-state index in [1.54, 1.807) is 0 Å². The van der Waals surface area contributed by atoms with E-state index in [1.165, 1.54) is 0 Å². The summed E-state index contributed by atoms with van der Waals surface area (Å²) in [4.78, 5) is 22.5. The normalized spacial score (nSPS) is 15.9. The monoisotopic (exact) mass is 258 g/mol. The van der Waals surface area contributed by atoms with Crippen molar-refractivity contribution in [3.8, 4) is 0 Å². The van der Waals surface area contributed by atoms with Crippen LogP contribution in [0.4, 0.5) is 4.79 Å². The number of carboxylic acids is 1. The molecule has 3 atom stereocenters. The molecule has 18 heavy (non-hydrogen) atoms. The van der Waals surface area contributed by atoms with Gasteiger partial charge in [-0.25, -0.2) is 4.79 Å². The highest BCUT2D eigenvalue weighted by Crippen LogP contribution is 2.08. The fourth-order valence-corrected chi connectivity index (χ4v) is 1.55. The molecule has 0 aromatic heterocycles. The Morgan fingerprint density at radius 3 is 2.06 bits per heavy atom. The number of nitrogens with one attached hydrogen (secondary N) is 2. The number of hydrogen-bond donors (Lipinski definition) is 3. The Balaban J connectivity index is 4.29. The molecule has 0 heterocycles. The van der Waals surface area contributed by atoms with Gasteiger partial charge in [-0.3, -0.25) is 4.79 Å². The molecular weight excluding hydrogens is 232 g/mol. The molecule has 0 aliphatic carbocycles. The molecule has 0 saturated carbocycles. The molecule has 0 saturated heterocycles. The third-order valence-corrected chi connectivity index (χ3v) is 3.37. The van der Waals surface area contributed by atoms with Crippen molar-refractivity contribution in [2.75, 3.05) is 0 Å². The Morgan fingerprint density at radius 1 is 1.11 bits per heavy atom. The summed E-state index contributed by atoms with van der Waals surface area (Å²) < 4.78 is 0. The molecule has 0 aliphatic heterocycles. The van der Waals surface area contributed by atoms with Crippen molar-refractivity contribution in [1.29, 1.82) is 0 Å². The number of carbonyl (C=O) groups is 2. The fraction of sp³-hybridized carbons (Fsp3) is 0.846. The van der Waals surface area contributed by atoms with Gasteiger partial charge in [-0.15, -0.1) is 0 Å². The van der Waals surface area contributed by atoms with Crippen molar-refractivity contribution < 1.29 is 14.7 Å². The van der Waals surface area contributed by atoms with Gasteiger partial charge in [-0.1, -0.05) is 34.1 Å². The summed E-state index contributed by atoms with van der Waals surface area (Å²) in [5.41, 5.74) is 0. The van der Waals surface area contributed by atoms with E-state index < -0.39 is 5.97 Å². The molecule has 2 amide bonds. The van der Waals surface area contributed by atoms with Gasteiger partial charge >= 0.3 is 12.0 Å². The highest BCUT2D eigenvalue weighted by molar-refractivity contribution is 5.76. The van der Waals surface area contributed by atoms with Crippen LogP contribution in [0.15, 0.2) is 0 Å². The number of aliphatic carboxylic acids is 1. The van der Waals surface area contributed by atoms with Crippen molar-refractivity contribution in [2.24, 2.45) is 11.8 Å². The Morgan fingerprint density at radius 2 is 1.67 bits per heavy atom. The van der Waals surface area contributed by atoms with Crippen LogP contribution in [0.25, 0.3) is 0 Å². The van der Waals surface area contributed by atoms with Crippen LogP contribution in [0.2, 0.25) is 0 Å². The number of carbonyl (C=O) groups excluding carboxylic acids is 1. The molecule has 0 bridgehead atoms. The first-order chi connectivity index (χ1) is 8.27. The van der Waals surface area contributed by atoms with E-state index in [-0.39, 0.29) is 30.5 Å². The molecule has 5 heteroatoms. The zero-order valence-electron chi connectivity index (χ0n) is 12.0. The molecule has 0 spiro atoms. The first-order valence-electron chi connectivity index (χ1n) is 6.56. The van der Waals surface area contributed by atoms with Crippen molar-refractivity contribution in [2.45, 2.75) is 59.5 Å². The topological polar surface area (TPSA) is 78.4 Å². The van der Waals surface area contributed by atoms with Crippen molar-refractivity contribution in [3.63, 3.8) is 0 Å². The smallest absolute Gasteiger partial charge is 0.315 e. The third kappa shape index (κ3) is 6.47. The minimum atomic E-state index is -0.899. The molecule has 106 valence electrons. The molecule has 0 aliphatic rings. The fourth-order valence-electron chi connectivity index (χ4n) is 1.55. The van der Waals surface area contributed by atoms with Crippen LogP contribution in [0.3, 0.4) is 0 Å². The van der Waals surface area contributed by atoms with E-state index in [9.17, 15) is 9.59 Å². The Labute approximate surface area is 109 Å². The van der Waals surface area contributed by atoms with Gasteiger partial charge in [0.2, 0.25) is 0 Å². The molecule has 5 nitrogen and oxygen atoms in total. The second-order valence-corrected chi connectivity index (χ2v) is 5.24. The molecule has 3 unspecified atom stereocenters. The average Bonchev–Trinajstić information content (AvgIpc) is 2.25. The van der Waals surface area contributed by atoms with E-state index >= 15 is 0 Å². The first-order valence-corrected chi connectivity index (χ1v) is 6.56. The SMILES string of the molecule is CCC(C)C(C)NC(=O)NC(CC(=O)O)C(C)C. The number of urea groups is 1. The average molecular weight is 258 g/mol. The lowest BCUT2D eigenvalue weighted by atomic mass is 10.0. The van der Waals surface area contributed by atoms with E-state index in [2.05, 4.69) is 24.5 Å². The van der Waals surface area contributed by atoms with E-state index in [0.29, 0.717) is 5.92 Å². The standard InChI is InChI=1S/C13H26N2O3/c1-6-9(4)10(5)14-13(18)15-11(8(2)3)7-12(16)17/h8-11H,6-7H2,1-5H3,(H,16,17)(H2,14,15,18). The van der Waals surface area contributed by atoms with Gasteiger partial charge in [0, 0.05) is 12.1 Å². The second kappa shape index (κ2) is 7.95. The highest BCUT2D eigenvalue weighted by Gasteiger charge is 2.20. The predicted molar refractivity (Wildman–Crippen MR) is 71.5 cm³/mol. The largest absolute Gasteiger partial charge is 0.481 e. The highest BCUT2D eigenvalue weighted by atomic mass is 16.4. The van der Waals surface area contributed by atoms with E-state index in [4.69, 9.17) is 5.11 Å². The van der Waals surface area contributed by atoms with E-state index in [0.717, 1.165) is 6.42 Å². The molecular formula is C13H26N2O3. The van der Waals surface area contributed by atoms with Crippen molar-refractivity contribution >= 4 is 12.0 Å². The zero-order chi connectivity index (χ0) is 14.3. The van der Waals surface area contributed by atoms with Gasteiger partial charge < -0.3 is 15.7 Å². The van der Waals surface area contributed by atoms with Crippen LogP contribution in [0.5, 0.6) is 0 Å². The molecule has 3 N–H and O–H groups in total. The van der Waals surface area contributed by atoms with Gasteiger partial charge in [-0.05, 0) is 18.8 Å². The Kier molecular flexibility index (Phi) is 7.39. The van der Waals surface area contributed by atoms with E-state index in [1.807, 2.05) is 20.8 Å². The molecule has 0 radical (unpaired) electrons. The van der Waals surface area contributed by atoms with Crippen molar-refractivity contribution in [3.05, 3.63) is 0 Å². The summed E-state index contributed by atoms with van der Waals surface area (Å²) in [6.45, 7) is 9.89. The molecule has 0 rings (SSSR count). The maximum absolute atomic E-state index is 11.8. The number of amides is 2. The number of hydrogen-bond acceptors (Lipinski definition) is 2. The first kappa shape index (κ1) is 16.7. The predicted octanol–water partition coefficient (Wildman–Crippen LogP) is 2.22. The Bertz CT molecular complexity index is 279. The van der Waals surface area contributed by atoms with Crippen LogP contribution in [0, 0.1) is 11.8 Å². The zero-order valence-corrected chi connectivity index (χ0v) is 12.0. The van der Waals surface area contributed by atoms with Crippen LogP contribution >= 0.6 is 0 Å². The second-order valence-electron chi connectivity index (χ2n) is 5.24. The van der Waals surface area contributed by atoms with Crippen molar-refractivity contribution in [1.82, 2.24) is 10.6 Å². The molecule has 0 aromatic rings. The summed E-state index contributed by atoms with van der Waals surface area (Å²) in [7, 11) is 0. The van der Waals surface area contributed by atoms with Gasteiger partial charge in [-0.2, -0.15) is 0 Å². The minimum Gasteiger partial charge on any atom is -0.481 e. The lowest BCUT2D eigenvalue weighted by Gasteiger charge is -2.24. The summed E-state index contributed by atoms with van der Waals surface area (Å²) in [6.07, 6.45) is 0.937.